The molecule has 2 heterocycles. The Morgan fingerprint density at radius 3 is 1.87 bits per heavy atom. The molecule has 12 heteroatoms. The number of hydrogen-bond donors (Lipinski definition) is 0. The predicted molar refractivity (Wildman–Crippen MR) is 202 cm³/mol. The number of esters is 2. The van der Waals surface area contributed by atoms with Crippen molar-refractivity contribution >= 4 is 22.9 Å². The van der Waals surface area contributed by atoms with Crippen molar-refractivity contribution in [2.24, 2.45) is 5.92 Å². The highest BCUT2D eigenvalue weighted by molar-refractivity contribution is 5.86. The normalized spacial score (nSPS) is 19.3. The van der Waals surface area contributed by atoms with E-state index in [9.17, 15) is 14.4 Å². The molecule has 12 nitrogen and oxygen atoms in total. The van der Waals surface area contributed by atoms with Crippen LogP contribution in [0.5, 0.6) is 28.7 Å². The summed E-state index contributed by atoms with van der Waals surface area (Å²) >= 11 is 0. The van der Waals surface area contributed by atoms with Gasteiger partial charge in [-0.3, -0.25) is 14.4 Å². The molecular formula is C43H44O12. The molecule has 0 unspecified atom stereocenters. The second-order valence-electron chi connectivity index (χ2n) is 13.1. The minimum absolute atomic E-state index is 0.138. The molecule has 288 valence electrons. The molecule has 0 spiro atoms. The Morgan fingerprint density at radius 2 is 1.31 bits per heavy atom. The van der Waals surface area contributed by atoms with Crippen LogP contribution in [0.4, 0.5) is 0 Å². The Labute approximate surface area is 318 Å². The summed E-state index contributed by atoms with van der Waals surface area (Å²) in [5.74, 6) is 0.234. The lowest BCUT2D eigenvalue weighted by Gasteiger charge is -2.43. The number of rotatable bonds is 14. The van der Waals surface area contributed by atoms with E-state index in [-0.39, 0.29) is 52.8 Å². The van der Waals surface area contributed by atoms with Crippen LogP contribution in [0.3, 0.4) is 0 Å². The van der Waals surface area contributed by atoms with Gasteiger partial charge in [0.2, 0.25) is 18.1 Å². The summed E-state index contributed by atoms with van der Waals surface area (Å²) in [5, 5.41) is 0.174. The zero-order valence-electron chi connectivity index (χ0n) is 31.6. The quantitative estimate of drug-likeness (QED) is 0.103. The van der Waals surface area contributed by atoms with Gasteiger partial charge in [-0.05, 0) is 29.7 Å². The molecule has 1 aromatic heterocycles. The minimum Gasteiger partial charge on any atom is -0.493 e. The van der Waals surface area contributed by atoms with Crippen LogP contribution in [-0.2, 0) is 37.0 Å². The molecular weight excluding hydrogens is 708 g/mol. The van der Waals surface area contributed by atoms with Crippen LogP contribution in [-0.4, -0.2) is 50.8 Å². The lowest BCUT2D eigenvalue weighted by Crippen LogP contribution is -2.58. The zero-order valence-corrected chi connectivity index (χ0v) is 31.6. The van der Waals surface area contributed by atoms with E-state index >= 15 is 0 Å². The van der Waals surface area contributed by atoms with Crippen molar-refractivity contribution in [3.63, 3.8) is 0 Å². The van der Waals surface area contributed by atoms with Crippen molar-refractivity contribution in [2.45, 2.75) is 71.9 Å². The molecule has 0 aliphatic carbocycles. The van der Waals surface area contributed by atoms with E-state index < -0.39 is 36.5 Å². The average molecular weight is 753 g/mol. The summed E-state index contributed by atoms with van der Waals surface area (Å²) in [6.45, 7) is 6.76. The fraction of sp³-hybridized carbons (Fsp3) is 0.326. The van der Waals surface area contributed by atoms with Gasteiger partial charge in [-0.2, -0.15) is 0 Å². The first-order valence-electron chi connectivity index (χ1n) is 18.0. The lowest BCUT2D eigenvalue weighted by atomic mass is 9.89. The van der Waals surface area contributed by atoms with Crippen LogP contribution < -0.4 is 29.1 Å². The molecule has 0 amide bonds. The smallest absolute Gasteiger partial charge is 0.303 e. The first-order valence-corrected chi connectivity index (χ1v) is 18.0. The Hall–Kier alpha value is -6.01. The maximum absolute atomic E-state index is 14.0. The van der Waals surface area contributed by atoms with Crippen molar-refractivity contribution in [1.29, 1.82) is 0 Å². The van der Waals surface area contributed by atoms with E-state index in [1.807, 2.05) is 74.5 Å². The van der Waals surface area contributed by atoms with Crippen LogP contribution in [0.1, 0.15) is 45.2 Å². The standard InChI is InChI=1S/C43H44O12/c1-7-33-25(2)40(51-26(3)44)42(52-27(4)45)43(55-33)53-31-20-35(49-23-28-14-10-8-11-15-28)39-32(46)22-34(54-36(39)21-31)30-18-37(47-5)41(38(19-30)48-6)50-24-29-16-12-9-13-17-29/h8-22,25,33,40,42-43H,7,23-24H2,1-6H3/t25-,33+,40-,42+,43+/m0/s1. The van der Waals surface area contributed by atoms with Gasteiger partial charge in [0, 0.05) is 43.5 Å². The van der Waals surface area contributed by atoms with Crippen LogP contribution >= 0.6 is 0 Å². The SMILES string of the molecule is CC[C@H]1O[C@@H](Oc2cc(OCc3ccccc3)c3c(=O)cc(-c4cc(OC)c(OCc5ccccc5)c(OC)c4)oc3c2)[C@H](OC(C)=O)[C@@H](OC(C)=O)[C@H]1C. The van der Waals surface area contributed by atoms with Crippen LogP contribution in [0.25, 0.3) is 22.3 Å². The number of hydrogen-bond acceptors (Lipinski definition) is 12. The molecule has 1 saturated heterocycles. The number of ether oxygens (including phenoxy) is 8. The van der Waals surface area contributed by atoms with Crippen molar-refractivity contribution in [3.05, 3.63) is 112 Å². The Bertz CT molecular complexity index is 2140. The van der Waals surface area contributed by atoms with Gasteiger partial charge in [-0.15, -0.1) is 0 Å². The molecule has 6 rings (SSSR count). The van der Waals surface area contributed by atoms with E-state index in [0.717, 1.165) is 11.1 Å². The van der Waals surface area contributed by atoms with Crippen LogP contribution in [0.15, 0.2) is 100 Å². The zero-order chi connectivity index (χ0) is 39.1. The lowest BCUT2D eigenvalue weighted by molar-refractivity contribution is -0.266. The van der Waals surface area contributed by atoms with Crippen molar-refractivity contribution in [3.8, 4) is 40.1 Å². The molecule has 0 radical (unpaired) electrons. The molecule has 5 atom stereocenters. The van der Waals surface area contributed by atoms with Gasteiger partial charge in [0.25, 0.3) is 0 Å². The maximum Gasteiger partial charge on any atom is 0.303 e. The summed E-state index contributed by atoms with van der Waals surface area (Å²) < 4.78 is 54.3. The van der Waals surface area contributed by atoms with E-state index in [2.05, 4.69) is 0 Å². The first-order chi connectivity index (χ1) is 26.6. The van der Waals surface area contributed by atoms with Gasteiger partial charge in [0.15, 0.2) is 16.9 Å². The van der Waals surface area contributed by atoms with E-state index in [0.29, 0.717) is 29.2 Å². The van der Waals surface area contributed by atoms with Gasteiger partial charge in [0.05, 0.1) is 20.3 Å². The maximum atomic E-state index is 14.0. The van der Waals surface area contributed by atoms with Crippen molar-refractivity contribution in [1.82, 2.24) is 0 Å². The molecule has 4 aromatic carbocycles. The summed E-state index contributed by atoms with van der Waals surface area (Å²) in [6, 6.07) is 27.0. The van der Waals surface area contributed by atoms with Gasteiger partial charge < -0.3 is 42.3 Å². The monoisotopic (exact) mass is 752 g/mol. The third kappa shape index (κ3) is 9.04. The molecule has 0 N–H and O–H groups in total. The molecule has 1 aliphatic rings. The first kappa shape index (κ1) is 38.7. The highest BCUT2D eigenvalue weighted by Gasteiger charge is 2.48. The van der Waals surface area contributed by atoms with Gasteiger partial charge >= 0.3 is 11.9 Å². The Kier molecular flexibility index (Phi) is 12.3. The fourth-order valence-corrected chi connectivity index (χ4v) is 6.60. The van der Waals surface area contributed by atoms with Crippen LogP contribution in [0, 0.1) is 5.92 Å². The molecule has 5 aromatic rings. The third-order valence-corrected chi connectivity index (χ3v) is 9.24. The molecule has 0 bridgehead atoms. The number of carbonyl (C=O) groups is 2. The van der Waals surface area contributed by atoms with Gasteiger partial charge in [-0.25, -0.2) is 0 Å². The van der Waals surface area contributed by atoms with Crippen molar-refractivity contribution in [2.75, 3.05) is 14.2 Å². The summed E-state index contributed by atoms with van der Waals surface area (Å²) in [5.41, 5.74) is 2.06. The highest BCUT2D eigenvalue weighted by atomic mass is 16.7. The average Bonchev–Trinajstić information content (AvgIpc) is 3.18. The van der Waals surface area contributed by atoms with Gasteiger partial charge in [-0.1, -0.05) is 74.5 Å². The van der Waals surface area contributed by atoms with E-state index in [4.69, 9.17) is 42.3 Å². The van der Waals surface area contributed by atoms with E-state index in [1.54, 1.807) is 18.2 Å². The number of carbonyl (C=O) groups excluding carboxylic acids is 2. The molecule has 55 heavy (non-hydrogen) atoms. The number of methoxy groups -OCH3 is 2. The number of benzene rings is 4. The molecule has 1 aliphatic heterocycles. The second-order valence-corrected chi connectivity index (χ2v) is 13.1. The fourth-order valence-electron chi connectivity index (χ4n) is 6.60. The summed E-state index contributed by atoms with van der Waals surface area (Å²) in [6.07, 6.45) is -2.99. The summed E-state index contributed by atoms with van der Waals surface area (Å²) in [7, 11) is 3.02. The van der Waals surface area contributed by atoms with Crippen LogP contribution in [0.2, 0.25) is 0 Å². The summed E-state index contributed by atoms with van der Waals surface area (Å²) in [4.78, 5) is 38.5. The molecule has 1 fully saturated rings. The van der Waals surface area contributed by atoms with Crippen molar-refractivity contribution < 1.29 is 51.9 Å². The minimum atomic E-state index is -1.19. The topological polar surface area (TPSA) is 138 Å². The highest BCUT2D eigenvalue weighted by Crippen LogP contribution is 2.43. The van der Waals surface area contributed by atoms with Gasteiger partial charge in [0.1, 0.15) is 47.5 Å². The third-order valence-electron chi connectivity index (χ3n) is 9.24. The van der Waals surface area contributed by atoms with E-state index in [1.165, 1.54) is 40.2 Å². The number of fused-ring (bicyclic) bond motifs is 1. The largest absolute Gasteiger partial charge is 0.493 e. The Balaban J connectivity index is 1.42. The predicted octanol–water partition coefficient (Wildman–Crippen LogP) is 7.65. The second kappa shape index (κ2) is 17.4. The molecule has 0 saturated carbocycles. The Morgan fingerprint density at radius 1 is 0.727 bits per heavy atom.